The molecule has 1 aromatic heterocycles. The number of alkyl halides is 3. The van der Waals surface area contributed by atoms with E-state index in [2.05, 4.69) is 22.0 Å². The molecule has 1 N–H and O–H groups in total. The van der Waals surface area contributed by atoms with Gasteiger partial charge in [-0.3, -0.25) is 4.90 Å². The number of aryl methyl sites for hydroxylation is 1. The molecule has 0 unspecified atom stereocenters. The van der Waals surface area contributed by atoms with E-state index in [4.69, 9.17) is 4.74 Å². The molecule has 0 atom stereocenters. The van der Waals surface area contributed by atoms with Crippen LogP contribution in [-0.4, -0.2) is 53.1 Å². The number of hydrogen-bond donors (Lipinski definition) is 1. The van der Waals surface area contributed by atoms with Crippen molar-refractivity contribution in [1.82, 2.24) is 15.1 Å². The number of nitrogens with zero attached hydrogens (tertiary/aromatic N) is 3. The van der Waals surface area contributed by atoms with Gasteiger partial charge in [0.1, 0.15) is 11.4 Å². The zero-order valence-corrected chi connectivity index (χ0v) is 17.4. The predicted octanol–water partition coefficient (Wildman–Crippen LogP) is 4.39. The number of phenols is 1. The van der Waals surface area contributed by atoms with Gasteiger partial charge in [0.15, 0.2) is 0 Å². The van der Waals surface area contributed by atoms with Gasteiger partial charge in [0.2, 0.25) is 0 Å². The highest BCUT2D eigenvalue weighted by Crippen LogP contribution is 2.38. The maximum Gasteiger partial charge on any atom is 0.416 e. The fraction of sp³-hybridized carbons (Fsp3) is 0.545. The summed E-state index contributed by atoms with van der Waals surface area (Å²) in [6.07, 6.45) is -0.703. The summed E-state index contributed by atoms with van der Waals surface area (Å²) in [7, 11) is 0. The van der Waals surface area contributed by atoms with E-state index in [1.54, 1.807) is 0 Å². The Morgan fingerprint density at radius 2 is 1.73 bits per heavy atom. The lowest BCUT2D eigenvalue weighted by Crippen LogP contribution is -2.35. The van der Waals surface area contributed by atoms with Crippen LogP contribution >= 0.6 is 0 Å². The van der Waals surface area contributed by atoms with Crippen molar-refractivity contribution >= 4 is 0 Å². The molecule has 0 amide bonds. The second-order valence-corrected chi connectivity index (χ2v) is 7.57. The summed E-state index contributed by atoms with van der Waals surface area (Å²) < 4.78 is 43.2. The Bertz CT molecular complexity index is 865. The molecule has 8 heteroatoms. The van der Waals surface area contributed by atoms with Gasteiger partial charge >= 0.3 is 6.18 Å². The van der Waals surface area contributed by atoms with Gasteiger partial charge in [-0.15, -0.1) is 5.10 Å². The summed E-state index contributed by atoms with van der Waals surface area (Å²) in [6, 6.07) is 2.98. The molecule has 1 fully saturated rings. The van der Waals surface area contributed by atoms with Crippen molar-refractivity contribution in [1.29, 1.82) is 0 Å². The SMILES string of the molecule is CCN1CCOCC1.Cc1nnc(-c2ccc(C(F)(F)F)cc2O)c2c1CCCC2. The number of halogens is 3. The predicted molar refractivity (Wildman–Crippen MR) is 108 cm³/mol. The number of aromatic hydroxyl groups is 1. The Hall–Kier alpha value is -2.19. The normalized spacial score (nSPS) is 17.1. The second-order valence-electron chi connectivity index (χ2n) is 7.57. The van der Waals surface area contributed by atoms with Gasteiger partial charge in [0.05, 0.1) is 24.5 Å². The van der Waals surface area contributed by atoms with E-state index in [0.29, 0.717) is 11.3 Å². The lowest BCUT2D eigenvalue weighted by Gasteiger charge is -2.24. The minimum atomic E-state index is -4.48. The van der Waals surface area contributed by atoms with E-state index >= 15 is 0 Å². The number of morpholine rings is 1. The molecule has 0 bridgehead atoms. The Morgan fingerprint density at radius 3 is 2.30 bits per heavy atom. The van der Waals surface area contributed by atoms with Crippen LogP contribution in [0.3, 0.4) is 0 Å². The van der Waals surface area contributed by atoms with E-state index in [0.717, 1.165) is 80.9 Å². The molecule has 30 heavy (non-hydrogen) atoms. The van der Waals surface area contributed by atoms with Crippen LogP contribution in [0.2, 0.25) is 0 Å². The van der Waals surface area contributed by atoms with Crippen LogP contribution in [0.25, 0.3) is 11.3 Å². The van der Waals surface area contributed by atoms with Crippen LogP contribution in [-0.2, 0) is 23.8 Å². The number of benzene rings is 1. The first kappa shape index (κ1) is 22.5. The van der Waals surface area contributed by atoms with Crippen LogP contribution in [0.5, 0.6) is 5.75 Å². The molecule has 1 aliphatic heterocycles. The zero-order chi connectivity index (χ0) is 21.7. The van der Waals surface area contributed by atoms with E-state index in [9.17, 15) is 18.3 Å². The van der Waals surface area contributed by atoms with E-state index in [1.165, 1.54) is 12.6 Å². The number of rotatable bonds is 2. The van der Waals surface area contributed by atoms with Gasteiger partial charge in [-0.25, -0.2) is 0 Å². The molecule has 0 saturated carbocycles. The van der Waals surface area contributed by atoms with E-state index < -0.39 is 17.5 Å². The van der Waals surface area contributed by atoms with Gasteiger partial charge in [-0.2, -0.15) is 18.3 Å². The molecule has 0 radical (unpaired) electrons. The molecule has 2 aliphatic rings. The van der Waals surface area contributed by atoms with Crippen molar-refractivity contribution < 1.29 is 23.0 Å². The first-order valence-corrected chi connectivity index (χ1v) is 10.4. The van der Waals surface area contributed by atoms with Crippen LogP contribution in [0.15, 0.2) is 18.2 Å². The summed E-state index contributed by atoms with van der Waals surface area (Å²) in [5, 5.41) is 18.2. The Kier molecular flexibility index (Phi) is 7.31. The monoisotopic (exact) mass is 423 g/mol. The lowest BCUT2D eigenvalue weighted by atomic mass is 9.88. The van der Waals surface area contributed by atoms with Gasteiger partial charge in [0.25, 0.3) is 0 Å². The summed E-state index contributed by atoms with van der Waals surface area (Å²) in [6.45, 7) is 9.33. The molecule has 1 saturated heterocycles. The number of aromatic nitrogens is 2. The van der Waals surface area contributed by atoms with Gasteiger partial charge in [0, 0.05) is 18.7 Å². The quantitative estimate of drug-likeness (QED) is 0.776. The molecule has 4 rings (SSSR count). The van der Waals surface area contributed by atoms with Crippen molar-refractivity contribution in [3.8, 4) is 17.0 Å². The molecule has 164 valence electrons. The van der Waals surface area contributed by atoms with Crippen molar-refractivity contribution in [2.75, 3.05) is 32.8 Å². The maximum atomic E-state index is 12.7. The molecule has 2 aromatic rings. The Labute approximate surface area is 174 Å². The number of ether oxygens (including phenoxy) is 1. The van der Waals surface area contributed by atoms with Crippen molar-refractivity contribution in [2.45, 2.75) is 45.7 Å². The summed E-state index contributed by atoms with van der Waals surface area (Å²) in [5.74, 6) is -0.416. The molecular weight excluding hydrogens is 395 g/mol. The van der Waals surface area contributed by atoms with Crippen molar-refractivity contribution in [3.05, 3.63) is 40.6 Å². The Balaban J connectivity index is 0.000000269. The molecule has 0 spiro atoms. The summed E-state index contributed by atoms with van der Waals surface area (Å²) in [5.41, 5.74) is 2.88. The highest BCUT2D eigenvalue weighted by molar-refractivity contribution is 5.71. The minimum Gasteiger partial charge on any atom is -0.507 e. The fourth-order valence-corrected chi connectivity index (χ4v) is 3.85. The highest BCUT2D eigenvalue weighted by Gasteiger charge is 2.31. The third-order valence-electron chi connectivity index (χ3n) is 5.62. The van der Waals surface area contributed by atoms with Crippen LogP contribution in [0.4, 0.5) is 13.2 Å². The fourth-order valence-electron chi connectivity index (χ4n) is 3.85. The van der Waals surface area contributed by atoms with Crippen molar-refractivity contribution in [2.24, 2.45) is 0 Å². The maximum absolute atomic E-state index is 12.7. The number of hydrogen-bond acceptors (Lipinski definition) is 5. The highest BCUT2D eigenvalue weighted by atomic mass is 19.4. The van der Waals surface area contributed by atoms with Gasteiger partial charge in [-0.1, -0.05) is 6.92 Å². The van der Waals surface area contributed by atoms with E-state index in [1.807, 2.05) is 6.92 Å². The third kappa shape index (κ3) is 5.29. The number of likely N-dealkylation sites (N-methyl/N-ethyl adjacent to an activating group) is 1. The smallest absolute Gasteiger partial charge is 0.416 e. The van der Waals surface area contributed by atoms with Crippen molar-refractivity contribution in [3.63, 3.8) is 0 Å². The van der Waals surface area contributed by atoms with Gasteiger partial charge < -0.3 is 9.84 Å². The van der Waals surface area contributed by atoms with Crippen LogP contribution < -0.4 is 0 Å². The minimum absolute atomic E-state index is 0.304. The van der Waals surface area contributed by atoms with Crippen LogP contribution in [0, 0.1) is 6.92 Å². The molecular formula is C22H28F3N3O2. The van der Waals surface area contributed by atoms with Crippen LogP contribution in [0.1, 0.15) is 42.1 Å². The largest absolute Gasteiger partial charge is 0.507 e. The summed E-state index contributed by atoms with van der Waals surface area (Å²) in [4.78, 5) is 2.39. The first-order chi connectivity index (χ1) is 14.3. The topological polar surface area (TPSA) is 58.5 Å². The zero-order valence-electron chi connectivity index (χ0n) is 17.4. The number of phenolic OH excluding ortho intramolecular Hbond substituents is 1. The number of fused-ring (bicyclic) bond motifs is 1. The average Bonchev–Trinajstić information content (AvgIpc) is 2.75. The molecule has 5 nitrogen and oxygen atoms in total. The van der Waals surface area contributed by atoms with E-state index in [-0.39, 0.29) is 0 Å². The van der Waals surface area contributed by atoms with Gasteiger partial charge in [-0.05, 0) is 68.5 Å². The lowest BCUT2D eigenvalue weighted by molar-refractivity contribution is -0.137. The third-order valence-corrected chi connectivity index (χ3v) is 5.62. The second kappa shape index (κ2) is 9.75. The molecule has 1 aromatic carbocycles. The molecule has 2 heterocycles. The standard InChI is InChI=1S/C16H15F3N2O.C6H13NO/c1-9-11-4-2-3-5-12(11)15(21-20-9)13-7-6-10(8-14(13)22)16(17,18)19;1-2-7-3-5-8-6-4-7/h6-8,22H,2-5H2,1H3;2-6H2,1H3. The molecule has 1 aliphatic carbocycles. The summed E-state index contributed by atoms with van der Waals surface area (Å²) >= 11 is 0. The first-order valence-electron chi connectivity index (χ1n) is 10.4. The Morgan fingerprint density at radius 1 is 1.07 bits per heavy atom. The average molecular weight is 423 g/mol.